The lowest BCUT2D eigenvalue weighted by atomic mass is 10.1. The Morgan fingerprint density at radius 2 is 1.85 bits per heavy atom. The minimum atomic E-state index is 0.756. The molecule has 0 fully saturated rings. The molecule has 1 aromatic carbocycles. The smallest absolute Gasteiger partial charge is 0.129 e. The van der Waals surface area contributed by atoms with Gasteiger partial charge >= 0.3 is 0 Å². The van der Waals surface area contributed by atoms with E-state index in [1.807, 2.05) is 43.6 Å². The van der Waals surface area contributed by atoms with Crippen LogP contribution >= 0.6 is 0 Å². The summed E-state index contributed by atoms with van der Waals surface area (Å²) in [6.45, 7) is 2.88. The summed E-state index contributed by atoms with van der Waals surface area (Å²) in [6, 6.07) is 16.3. The summed E-state index contributed by atoms with van der Waals surface area (Å²) in [5, 5.41) is 1.21. The number of pyridine rings is 2. The number of anilines is 1. The first kappa shape index (κ1) is 12.6. The molecular weight excluding hydrogens is 246 g/mol. The fourth-order valence-electron chi connectivity index (χ4n) is 2.34. The van der Waals surface area contributed by atoms with Gasteiger partial charge in [-0.05, 0) is 36.8 Å². The molecule has 0 aliphatic heterocycles. The monoisotopic (exact) mass is 263 g/mol. The summed E-state index contributed by atoms with van der Waals surface area (Å²) in [7, 11) is 2.05. The quantitative estimate of drug-likeness (QED) is 0.723. The van der Waals surface area contributed by atoms with Gasteiger partial charge in [-0.25, -0.2) is 4.98 Å². The van der Waals surface area contributed by atoms with E-state index >= 15 is 0 Å². The Hall–Kier alpha value is -2.42. The third kappa shape index (κ3) is 2.48. The SMILES string of the molecule is Cc1cc(N(C)Cc2ccccn2)nc2ccccc12. The molecule has 0 saturated heterocycles. The van der Waals surface area contributed by atoms with Gasteiger partial charge in [0.2, 0.25) is 0 Å². The van der Waals surface area contributed by atoms with E-state index in [2.05, 4.69) is 35.0 Å². The first-order chi connectivity index (χ1) is 9.74. The molecule has 0 aliphatic rings. The predicted octanol–water partition coefficient (Wildman–Crippen LogP) is 3.57. The van der Waals surface area contributed by atoms with Gasteiger partial charge in [-0.15, -0.1) is 0 Å². The zero-order valence-electron chi connectivity index (χ0n) is 11.7. The number of hydrogen-bond donors (Lipinski definition) is 0. The van der Waals surface area contributed by atoms with E-state index in [-0.39, 0.29) is 0 Å². The second-order valence-electron chi connectivity index (χ2n) is 4.99. The van der Waals surface area contributed by atoms with Crippen molar-refractivity contribution < 1.29 is 0 Å². The normalized spacial score (nSPS) is 10.7. The highest BCUT2D eigenvalue weighted by Crippen LogP contribution is 2.22. The van der Waals surface area contributed by atoms with Crippen LogP contribution in [0.15, 0.2) is 54.7 Å². The summed E-state index contributed by atoms with van der Waals surface area (Å²) in [5.74, 6) is 0.979. The summed E-state index contributed by atoms with van der Waals surface area (Å²) >= 11 is 0. The van der Waals surface area contributed by atoms with Crippen LogP contribution in [0.4, 0.5) is 5.82 Å². The number of nitrogens with zero attached hydrogens (tertiary/aromatic N) is 3. The third-order valence-corrected chi connectivity index (χ3v) is 3.43. The molecule has 0 N–H and O–H groups in total. The van der Waals surface area contributed by atoms with Crippen LogP contribution in [0.3, 0.4) is 0 Å². The Labute approximate surface area is 118 Å². The predicted molar refractivity (Wildman–Crippen MR) is 82.8 cm³/mol. The second kappa shape index (κ2) is 5.29. The van der Waals surface area contributed by atoms with Crippen molar-refractivity contribution in [2.45, 2.75) is 13.5 Å². The molecule has 20 heavy (non-hydrogen) atoms. The van der Waals surface area contributed by atoms with E-state index in [9.17, 15) is 0 Å². The van der Waals surface area contributed by atoms with Crippen molar-refractivity contribution in [3.63, 3.8) is 0 Å². The Morgan fingerprint density at radius 3 is 2.65 bits per heavy atom. The van der Waals surface area contributed by atoms with E-state index in [1.165, 1.54) is 10.9 Å². The van der Waals surface area contributed by atoms with Crippen molar-refractivity contribution in [1.82, 2.24) is 9.97 Å². The largest absolute Gasteiger partial charge is 0.354 e. The van der Waals surface area contributed by atoms with Crippen LogP contribution in [0.2, 0.25) is 0 Å². The molecule has 0 radical (unpaired) electrons. The van der Waals surface area contributed by atoms with E-state index in [1.54, 1.807) is 0 Å². The van der Waals surface area contributed by atoms with Crippen LogP contribution < -0.4 is 4.90 Å². The van der Waals surface area contributed by atoms with Crippen LogP contribution in [-0.4, -0.2) is 17.0 Å². The van der Waals surface area contributed by atoms with Crippen molar-refractivity contribution in [2.75, 3.05) is 11.9 Å². The highest BCUT2D eigenvalue weighted by atomic mass is 15.2. The van der Waals surface area contributed by atoms with Crippen molar-refractivity contribution in [2.24, 2.45) is 0 Å². The van der Waals surface area contributed by atoms with Crippen molar-refractivity contribution >= 4 is 16.7 Å². The van der Waals surface area contributed by atoms with Gasteiger partial charge in [0.15, 0.2) is 0 Å². The van der Waals surface area contributed by atoms with Crippen molar-refractivity contribution in [3.05, 3.63) is 66.0 Å². The van der Waals surface area contributed by atoms with Gasteiger partial charge in [-0.1, -0.05) is 24.3 Å². The summed E-state index contributed by atoms with van der Waals surface area (Å²) in [6.07, 6.45) is 1.82. The summed E-state index contributed by atoms with van der Waals surface area (Å²) in [5.41, 5.74) is 3.33. The molecule has 0 amide bonds. The van der Waals surface area contributed by atoms with E-state index in [0.29, 0.717) is 0 Å². The second-order valence-corrected chi connectivity index (χ2v) is 4.99. The van der Waals surface area contributed by atoms with Gasteiger partial charge in [-0.2, -0.15) is 0 Å². The molecule has 3 heteroatoms. The zero-order valence-corrected chi connectivity index (χ0v) is 11.7. The van der Waals surface area contributed by atoms with Gasteiger partial charge < -0.3 is 4.90 Å². The molecule has 0 saturated carbocycles. The van der Waals surface area contributed by atoms with Gasteiger partial charge in [0.1, 0.15) is 5.82 Å². The average molecular weight is 263 g/mol. The zero-order chi connectivity index (χ0) is 13.9. The van der Waals surface area contributed by atoms with Gasteiger partial charge in [0.25, 0.3) is 0 Å². The maximum absolute atomic E-state index is 4.73. The molecule has 100 valence electrons. The lowest BCUT2D eigenvalue weighted by molar-refractivity contribution is 0.868. The Balaban J connectivity index is 1.93. The molecular formula is C17H17N3. The molecule has 2 aromatic heterocycles. The highest BCUT2D eigenvalue weighted by molar-refractivity contribution is 5.83. The standard InChI is InChI=1S/C17H17N3/c1-13-11-17(19-16-9-4-3-8-15(13)16)20(2)12-14-7-5-6-10-18-14/h3-11H,12H2,1-2H3. The Morgan fingerprint density at radius 1 is 1.05 bits per heavy atom. The molecule has 0 aliphatic carbocycles. The number of aryl methyl sites for hydroxylation is 1. The minimum Gasteiger partial charge on any atom is -0.354 e. The van der Waals surface area contributed by atoms with Crippen LogP contribution in [0.1, 0.15) is 11.3 Å². The van der Waals surface area contributed by atoms with E-state index < -0.39 is 0 Å². The van der Waals surface area contributed by atoms with Gasteiger partial charge in [0.05, 0.1) is 17.8 Å². The fourth-order valence-corrected chi connectivity index (χ4v) is 2.34. The van der Waals surface area contributed by atoms with Crippen LogP contribution in [0, 0.1) is 6.92 Å². The molecule has 3 rings (SSSR count). The average Bonchev–Trinajstić information content (AvgIpc) is 2.48. The lowest BCUT2D eigenvalue weighted by Gasteiger charge is -2.19. The fraction of sp³-hybridized carbons (Fsp3) is 0.176. The lowest BCUT2D eigenvalue weighted by Crippen LogP contribution is -2.18. The summed E-state index contributed by atoms with van der Waals surface area (Å²) in [4.78, 5) is 11.2. The number of aromatic nitrogens is 2. The molecule has 0 atom stereocenters. The number of rotatable bonds is 3. The molecule has 0 spiro atoms. The first-order valence-corrected chi connectivity index (χ1v) is 6.71. The van der Waals surface area contributed by atoms with Crippen LogP contribution in [0.5, 0.6) is 0 Å². The first-order valence-electron chi connectivity index (χ1n) is 6.71. The number of benzene rings is 1. The van der Waals surface area contributed by atoms with Crippen LogP contribution in [-0.2, 0) is 6.54 Å². The van der Waals surface area contributed by atoms with Crippen molar-refractivity contribution in [1.29, 1.82) is 0 Å². The Bertz CT molecular complexity index is 723. The highest BCUT2D eigenvalue weighted by Gasteiger charge is 2.07. The number of para-hydroxylation sites is 1. The maximum atomic E-state index is 4.73. The van der Waals surface area contributed by atoms with E-state index in [4.69, 9.17) is 4.98 Å². The number of hydrogen-bond acceptors (Lipinski definition) is 3. The van der Waals surface area contributed by atoms with Gasteiger partial charge in [-0.3, -0.25) is 4.98 Å². The molecule has 2 heterocycles. The van der Waals surface area contributed by atoms with Gasteiger partial charge in [0, 0.05) is 18.6 Å². The van der Waals surface area contributed by atoms with Crippen molar-refractivity contribution in [3.8, 4) is 0 Å². The summed E-state index contributed by atoms with van der Waals surface area (Å²) < 4.78 is 0. The topological polar surface area (TPSA) is 29.0 Å². The Kier molecular flexibility index (Phi) is 3.33. The molecule has 0 unspecified atom stereocenters. The van der Waals surface area contributed by atoms with Crippen LogP contribution in [0.25, 0.3) is 10.9 Å². The molecule has 3 nitrogen and oxygen atoms in total. The number of fused-ring (bicyclic) bond motifs is 1. The third-order valence-electron chi connectivity index (χ3n) is 3.43. The molecule has 3 aromatic rings. The van der Waals surface area contributed by atoms with E-state index in [0.717, 1.165) is 23.6 Å². The maximum Gasteiger partial charge on any atom is 0.129 e. The minimum absolute atomic E-state index is 0.756. The molecule has 0 bridgehead atoms.